The van der Waals surface area contributed by atoms with Crippen LogP contribution in [0.1, 0.15) is 146 Å². The van der Waals surface area contributed by atoms with E-state index in [0.717, 1.165) is 27.8 Å². The van der Waals surface area contributed by atoms with Crippen LogP contribution in [-0.2, 0) is 5.41 Å². The molecular weight excluding hydrogens is 987 g/mol. The third-order valence-corrected chi connectivity index (χ3v) is 12.5. The second-order valence-electron chi connectivity index (χ2n) is 17.0. The molecule has 0 saturated heterocycles. The molecule has 8 amide bonds. The molecule has 0 N–H and O–H groups in total. The van der Waals surface area contributed by atoms with E-state index in [-0.39, 0.29) is 64.9 Å². The van der Waals surface area contributed by atoms with Gasteiger partial charge in [0.1, 0.15) is 5.75 Å². The molecule has 5 aromatic rings. The van der Waals surface area contributed by atoms with E-state index < -0.39 is 46.6 Å². The molecule has 0 spiro atoms. The number of nitrogens with zero attached hydrogens (tertiary/aromatic N) is 4. The fourth-order valence-corrected chi connectivity index (χ4v) is 7.76. The molecule has 382 valence electrons. The minimum Gasteiger partial charge on any atom is -0.497 e. The van der Waals surface area contributed by atoms with E-state index in [4.69, 9.17) is 4.74 Å². The van der Waals surface area contributed by atoms with Gasteiger partial charge in [0.2, 0.25) is 0 Å². The van der Waals surface area contributed by atoms with Gasteiger partial charge >= 0.3 is 12.4 Å². The first-order chi connectivity index (χ1) is 34.4. The molecule has 5 aromatic carbocycles. The average Bonchev–Trinajstić information content (AvgIpc) is 3.91. The van der Waals surface area contributed by atoms with Gasteiger partial charge in [-0.15, -0.1) is 0 Å². The zero-order valence-electron chi connectivity index (χ0n) is 40.2. The summed E-state index contributed by atoms with van der Waals surface area (Å²) in [5.41, 5.74) is -2.33. The van der Waals surface area contributed by atoms with Crippen molar-refractivity contribution in [3.63, 3.8) is 0 Å². The van der Waals surface area contributed by atoms with Crippen LogP contribution in [0.4, 0.5) is 26.3 Å². The number of benzene rings is 5. The summed E-state index contributed by atoms with van der Waals surface area (Å²) in [4.78, 5) is 132. The molecular formula is C52H40F6N4O12. The van der Waals surface area contributed by atoms with E-state index in [2.05, 4.69) is 0 Å². The molecule has 4 aliphatic rings. The summed E-state index contributed by atoms with van der Waals surface area (Å²) >= 11 is 0. The Morgan fingerprint density at radius 3 is 1.12 bits per heavy atom. The summed E-state index contributed by atoms with van der Waals surface area (Å²) in [6, 6.07) is 22.1. The molecule has 4 heterocycles. The third-order valence-electron chi connectivity index (χ3n) is 12.5. The predicted molar refractivity (Wildman–Crippen MR) is 247 cm³/mol. The number of fused-ring (bicyclic) bond motifs is 4. The van der Waals surface area contributed by atoms with Crippen molar-refractivity contribution in [1.82, 2.24) is 19.6 Å². The number of halogens is 6. The lowest BCUT2D eigenvalue weighted by atomic mass is 9.80. The van der Waals surface area contributed by atoms with E-state index in [0.29, 0.717) is 72.9 Å². The number of rotatable bonds is 6. The van der Waals surface area contributed by atoms with E-state index in [9.17, 15) is 79.1 Å². The molecule has 0 unspecified atom stereocenters. The molecule has 0 fully saturated rings. The van der Waals surface area contributed by atoms with Crippen LogP contribution in [0, 0.1) is 0 Å². The van der Waals surface area contributed by atoms with Crippen LogP contribution >= 0.6 is 0 Å². The smallest absolute Gasteiger partial charge is 0.406 e. The summed E-state index contributed by atoms with van der Waals surface area (Å²) in [6.07, 6.45) is -11.2. The summed E-state index contributed by atoms with van der Waals surface area (Å²) in [7, 11) is 6.92. The Balaban J connectivity index is 0.000000164. The largest absolute Gasteiger partial charge is 0.497 e. The molecule has 22 heteroatoms. The Bertz CT molecular complexity index is 3310. The molecule has 0 aliphatic carbocycles. The van der Waals surface area contributed by atoms with Crippen LogP contribution in [0.3, 0.4) is 0 Å². The van der Waals surface area contributed by atoms with Crippen molar-refractivity contribution in [2.24, 2.45) is 0 Å². The number of methoxy groups -OCH3 is 1. The Hall–Kier alpha value is -8.95. The van der Waals surface area contributed by atoms with Crippen molar-refractivity contribution in [3.8, 4) is 5.75 Å². The number of carbonyl (C=O) groups excluding carboxylic acids is 11. The lowest BCUT2D eigenvalue weighted by molar-refractivity contribution is -0.297. The van der Waals surface area contributed by atoms with Crippen LogP contribution in [-0.4, -0.2) is 132 Å². The first kappa shape index (κ1) is 54.4. The maximum absolute atomic E-state index is 13.0. The molecule has 9 rings (SSSR count). The zero-order chi connectivity index (χ0) is 55.3. The van der Waals surface area contributed by atoms with Gasteiger partial charge in [-0.05, 0) is 87.0 Å². The van der Waals surface area contributed by atoms with Crippen LogP contribution in [0.5, 0.6) is 5.75 Å². The van der Waals surface area contributed by atoms with E-state index in [1.54, 1.807) is 42.5 Å². The van der Waals surface area contributed by atoms with Gasteiger partial charge in [-0.2, -0.15) is 26.3 Å². The second-order valence-corrected chi connectivity index (χ2v) is 17.0. The number of ketones is 3. The molecule has 0 bridgehead atoms. The van der Waals surface area contributed by atoms with Gasteiger partial charge in [0.15, 0.2) is 22.8 Å². The quantitative estimate of drug-likeness (QED) is 0.0911. The first-order valence-electron chi connectivity index (χ1n) is 21.6. The third kappa shape index (κ3) is 9.60. The molecule has 0 radical (unpaired) electrons. The maximum atomic E-state index is 13.0. The normalized spacial score (nSPS) is 14.6. The number of carbonyl (C=O) groups is 11. The molecule has 16 nitrogen and oxygen atoms in total. The second kappa shape index (κ2) is 19.9. The highest BCUT2D eigenvalue weighted by Crippen LogP contribution is 2.52. The molecule has 0 atom stereocenters. The van der Waals surface area contributed by atoms with Crippen molar-refractivity contribution < 1.29 is 83.8 Å². The molecule has 0 aromatic heterocycles. The van der Waals surface area contributed by atoms with Gasteiger partial charge in [-0.1, -0.05) is 36.4 Å². The van der Waals surface area contributed by atoms with Crippen LogP contribution < -0.4 is 4.74 Å². The van der Waals surface area contributed by atoms with Crippen molar-refractivity contribution >= 4 is 64.6 Å². The Labute approximate surface area is 416 Å². The monoisotopic (exact) mass is 1030 g/mol. The Morgan fingerprint density at radius 2 is 0.716 bits per heavy atom. The summed E-state index contributed by atoms with van der Waals surface area (Å²) in [5, 5.41) is 0. The average molecular weight is 1030 g/mol. The number of Topliss-reactive ketones (excluding diaryl/α,β-unsaturated/α-hetero) is 2. The highest BCUT2D eigenvalue weighted by atomic mass is 19.4. The minimum absolute atomic E-state index is 0.000308. The molecule has 4 aliphatic heterocycles. The zero-order valence-corrected chi connectivity index (χ0v) is 40.2. The van der Waals surface area contributed by atoms with Crippen molar-refractivity contribution in [1.29, 1.82) is 0 Å². The summed E-state index contributed by atoms with van der Waals surface area (Å²) in [6.45, 7) is 2.85. The van der Waals surface area contributed by atoms with Gasteiger partial charge in [0, 0.05) is 50.4 Å². The lowest BCUT2D eigenvalue weighted by Gasteiger charge is -2.34. The standard InChI is InChI=1S/C18H13NO4.C13H9F6NO2.C11H9NO3.C10H9NO3/c1-10(20)11-4-3-5-12(8-11)16(21)13-6-7-14-15(9-13)18(23)19(2)17(14)22;1-11(12(14,15)16,13(17,18)19)6-3-4-7-8(5-6)10(22)20(2)9(7)21;1-6(13)7-3-4-8-9(5-7)11(15)12(2)10(8)14;1-11-9(12)7-4-3-6(14-2)5-8(7)10(11)13/h3-9H,1-2H3;3-5H,1-2H3;3-5H,1-2H3;3-5H,1-2H3. The van der Waals surface area contributed by atoms with Crippen LogP contribution in [0.15, 0.2) is 97.1 Å². The highest BCUT2D eigenvalue weighted by Gasteiger charge is 2.68. The maximum Gasteiger partial charge on any atom is 0.406 e. The summed E-state index contributed by atoms with van der Waals surface area (Å²) in [5.74, 6) is -3.66. The van der Waals surface area contributed by atoms with Crippen molar-refractivity contribution in [3.05, 3.63) is 169 Å². The summed E-state index contributed by atoms with van der Waals surface area (Å²) < 4.78 is 83.0. The van der Waals surface area contributed by atoms with Crippen molar-refractivity contribution in [2.45, 2.75) is 38.5 Å². The molecule has 0 saturated carbocycles. The van der Waals surface area contributed by atoms with E-state index in [1.165, 1.54) is 78.5 Å². The van der Waals surface area contributed by atoms with E-state index in [1.807, 2.05) is 0 Å². The van der Waals surface area contributed by atoms with E-state index >= 15 is 0 Å². The lowest BCUT2D eigenvalue weighted by Crippen LogP contribution is -2.51. The number of alkyl halides is 6. The number of amides is 8. The Kier molecular flexibility index (Phi) is 14.6. The van der Waals surface area contributed by atoms with Gasteiger partial charge in [-0.3, -0.25) is 72.3 Å². The minimum atomic E-state index is -5.61. The fourth-order valence-electron chi connectivity index (χ4n) is 7.76. The number of hydrogen-bond donors (Lipinski definition) is 0. The van der Waals surface area contributed by atoms with Crippen LogP contribution in [0.2, 0.25) is 0 Å². The number of hydrogen-bond acceptors (Lipinski definition) is 12. The van der Waals surface area contributed by atoms with Crippen LogP contribution in [0.25, 0.3) is 0 Å². The fraction of sp³-hybridized carbons (Fsp3) is 0.212. The molecule has 74 heavy (non-hydrogen) atoms. The van der Waals surface area contributed by atoms with Crippen molar-refractivity contribution in [2.75, 3.05) is 35.3 Å². The highest BCUT2D eigenvalue weighted by molar-refractivity contribution is 6.24. The number of ether oxygens (including phenoxy) is 1. The van der Waals surface area contributed by atoms with Gasteiger partial charge < -0.3 is 4.74 Å². The Morgan fingerprint density at radius 1 is 0.405 bits per heavy atom. The SMILES string of the molecule is CC(=O)c1ccc2c(c1)C(=O)N(C)C2=O.CC(=O)c1cccc(C(=O)c2ccc3c(c2)C(=O)N(C)C3=O)c1.CN1C(=O)c2ccc(C(C)(C(F)(F)F)C(F)(F)F)cc2C1=O.COc1ccc2c(c1)C(=O)N(C)C2=O. The first-order valence-corrected chi connectivity index (χ1v) is 21.6. The van der Waals surface area contributed by atoms with Gasteiger partial charge in [-0.25, -0.2) is 0 Å². The topological polar surface area (TPSA) is 210 Å². The predicted octanol–water partition coefficient (Wildman–Crippen LogP) is 7.68. The van der Waals surface area contributed by atoms with Gasteiger partial charge in [0.05, 0.1) is 51.6 Å². The van der Waals surface area contributed by atoms with Gasteiger partial charge in [0.25, 0.3) is 47.3 Å². The number of imide groups is 4.